The van der Waals surface area contributed by atoms with Gasteiger partial charge in [0, 0.05) is 11.0 Å². The Bertz CT molecular complexity index is 303. The molecule has 1 atom stereocenters. The summed E-state index contributed by atoms with van der Waals surface area (Å²) in [6, 6.07) is 6.59. The maximum absolute atomic E-state index is 3.49. The fourth-order valence-corrected chi connectivity index (χ4v) is 2.49. The number of rotatable bonds is 1. The van der Waals surface area contributed by atoms with E-state index in [4.69, 9.17) is 0 Å². The second kappa shape index (κ2) is 3.81. The zero-order chi connectivity index (χ0) is 9.26. The molecule has 1 aromatic rings. The lowest BCUT2D eigenvalue weighted by atomic mass is 9.94. The summed E-state index contributed by atoms with van der Waals surface area (Å²) in [5.74, 6) is 0.730. The molecule has 0 bridgehead atoms. The Morgan fingerprint density at radius 2 is 2.31 bits per heavy atom. The number of hydrogen-bond donors (Lipinski definition) is 1. The van der Waals surface area contributed by atoms with Crippen LogP contribution in [0.15, 0.2) is 22.7 Å². The van der Waals surface area contributed by atoms with Crippen molar-refractivity contribution in [3.63, 3.8) is 0 Å². The summed E-state index contributed by atoms with van der Waals surface area (Å²) in [4.78, 5) is 0. The molecule has 0 saturated carbocycles. The molecule has 1 saturated heterocycles. The van der Waals surface area contributed by atoms with Crippen molar-refractivity contribution in [1.29, 1.82) is 0 Å². The molecule has 0 aromatic heterocycles. The third-order valence-corrected chi connectivity index (χ3v) is 3.23. The van der Waals surface area contributed by atoms with Gasteiger partial charge in [0.1, 0.15) is 0 Å². The molecule has 1 fully saturated rings. The highest BCUT2D eigenvalue weighted by Gasteiger charge is 2.17. The van der Waals surface area contributed by atoms with Gasteiger partial charge in [-0.1, -0.05) is 22.0 Å². The minimum atomic E-state index is 0.730. The summed E-state index contributed by atoms with van der Waals surface area (Å²) in [5.41, 5.74) is 2.91. The molecule has 13 heavy (non-hydrogen) atoms. The molecule has 2 rings (SSSR count). The Kier molecular flexibility index (Phi) is 2.70. The van der Waals surface area contributed by atoms with Crippen LogP contribution in [0.3, 0.4) is 0 Å². The van der Waals surface area contributed by atoms with E-state index in [0.717, 1.165) is 12.5 Å². The molecular formula is C11H14BrN. The highest BCUT2D eigenvalue weighted by atomic mass is 79.9. The van der Waals surface area contributed by atoms with Gasteiger partial charge in [0.15, 0.2) is 0 Å². The second-order valence-electron chi connectivity index (χ2n) is 3.69. The van der Waals surface area contributed by atoms with Gasteiger partial charge in [-0.2, -0.15) is 0 Å². The first kappa shape index (κ1) is 9.22. The van der Waals surface area contributed by atoms with Crippen LogP contribution in [0.4, 0.5) is 0 Å². The molecule has 0 amide bonds. The number of benzene rings is 1. The maximum atomic E-state index is 3.49. The molecule has 1 aliphatic heterocycles. The van der Waals surface area contributed by atoms with Crippen molar-refractivity contribution in [3.05, 3.63) is 33.8 Å². The Morgan fingerprint density at radius 3 is 2.92 bits per heavy atom. The molecule has 1 aliphatic rings. The average molecular weight is 240 g/mol. The summed E-state index contributed by atoms with van der Waals surface area (Å²) in [7, 11) is 0. The molecule has 1 N–H and O–H groups in total. The van der Waals surface area contributed by atoms with Crippen LogP contribution in [0.5, 0.6) is 0 Å². The van der Waals surface area contributed by atoms with Gasteiger partial charge < -0.3 is 5.32 Å². The number of nitrogens with one attached hydrogen (secondary N) is 1. The summed E-state index contributed by atoms with van der Waals surface area (Å²) in [6.45, 7) is 4.50. The first-order valence-electron chi connectivity index (χ1n) is 4.74. The van der Waals surface area contributed by atoms with Gasteiger partial charge in [0.2, 0.25) is 0 Å². The predicted octanol–water partition coefficient (Wildman–Crippen LogP) is 2.83. The zero-order valence-electron chi connectivity index (χ0n) is 7.81. The first-order valence-corrected chi connectivity index (χ1v) is 5.53. The van der Waals surface area contributed by atoms with Crippen molar-refractivity contribution in [2.24, 2.45) is 0 Å². The number of hydrogen-bond acceptors (Lipinski definition) is 1. The van der Waals surface area contributed by atoms with Crippen molar-refractivity contribution in [2.75, 3.05) is 13.1 Å². The minimum Gasteiger partial charge on any atom is -0.316 e. The largest absolute Gasteiger partial charge is 0.316 e. The van der Waals surface area contributed by atoms with E-state index in [1.54, 1.807) is 0 Å². The van der Waals surface area contributed by atoms with E-state index < -0.39 is 0 Å². The zero-order valence-corrected chi connectivity index (χ0v) is 9.39. The standard InChI is InChI=1S/C11H14BrN/c1-8-6-10(12)2-3-11(8)9-4-5-13-7-9/h2-3,6,9,13H,4-5,7H2,1H3/t9-/m0/s1. The second-order valence-corrected chi connectivity index (χ2v) is 4.61. The van der Waals surface area contributed by atoms with Crippen molar-refractivity contribution in [1.82, 2.24) is 5.32 Å². The molecule has 0 radical (unpaired) electrons. The Morgan fingerprint density at radius 1 is 1.46 bits per heavy atom. The molecule has 1 aromatic carbocycles. The lowest BCUT2D eigenvalue weighted by molar-refractivity contribution is 0.757. The normalized spacial score (nSPS) is 22.2. The van der Waals surface area contributed by atoms with Crippen LogP contribution in [0.2, 0.25) is 0 Å². The molecule has 70 valence electrons. The quantitative estimate of drug-likeness (QED) is 0.795. The van der Waals surface area contributed by atoms with Crippen molar-refractivity contribution < 1.29 is 0 Å². The third-order valence-electron chi connectivity index (χ3n) is 2.73. The SMILES string of the molecule is Cc1cc(Br)ccc1[C@H]1CCNC1. The third kappa shape index (κ3) is 1.94. The first-order chi connectivity index (χ1) is 6.27. The van der Waals surface area contributed by atoms with Gasteiger partial charge in [-0.15, -0.1) is 0 Å². The van der Waals surface area contributed by atoms with E-state index in [-0.39, 0.29) is 0 Å². The number of halogens is 1. The van der Waals surface area contributed by atoms with E-state index in [0.29, 0.717) is 0 Å². The van der Waals surface area contributed by atoms with Gasteiger partial charge >= 0.3 is 0 Å². The van der Waals surface area contributed by atoms with Crippen LogP contribution in [0.1, 0.15) is 23.5 Å². The summed E-state index contributed by atoms with van der Waals surface area (Å²) in [5, 5.41) is 3.40. The molecule has 0 aliphatic carbocycles. The van der Waals surface area contributed by atoms with E-state index in [1.165, 1.54) is 28.6 Å². The lowest BCUT2D eigenvalue weighted by Crippen LogP contribution is -2.08. The molecule has 0 spiro atoms. The molecule has 1 nitrogen and oxygen atoms in total. The van der Waals surface area contributed by atoms with E-state index in [9.17, 15) is 0 Å². The molecule has 2 heteroatoms. The fraction of sp³-hybridized carbons (Fsp3) is 0.455. The van der Waals surface area contributed by atoms with Crippen LogP contribution in [-0.2, 0) is 0 Å². The minimum absolute atomic E-state index is 0.730. The van der Waals surface area contributed by atoms with Crippen LogP contribution in [0, 0.1) is 6.92 Å². The molecule has 0 unspecified atom stereocenters. The Hall–Kier alpha value is -0.340. The molecular weight excluding hydrogens is 226 g/mol. The van der Waals surface area contributed by atoms with E-state index in [2.05, 4.69) is 46.4 Å². The van der Waals surface area contributed by atoms with Crippen molar-refractivity contribution in [2.45, 2.75) is 19.3 Å². The lowest BCUT2D eigenvalue weighted by Gasteiger charge is -2.12. The predicted molar refractivity (Wildman–Crippen MR) is 59.1 cm³/mol. The smallest absolute Gasteiger partial charge is 0.0178 e. The Balaban J connectivity index is 2.29. The van der Waals surface area contributed by atoms with Gasteiger partial charge in [0.05, 0.1) is 0 Å². The maximum Gasteiger partial charge on any atom is 0.0178 e. The highest BCUT2D eigenvalue weighted by Crippen LogP contribution is 2.27. The van der Waals surface area contributed by atoms with Gasteiger partial charge in [-0.25, -0.2) is 0 Å². The van der Waals surface area contributed by atoms with Gasteiger partial charge in [-0.05, 0) is 49.1 Å². The summed E-state index contributed by atoms with van der Waals surface area (Å²) in [6.07, 6.45) is 1.28. The van der Waals surface area contributed by atoms with Crippen molar-refractivity contribution in [3.8, 4) is 0 Å². The fourth-order valence-electron chi connectivity index (χ4n) is 2.02. The van der Waals surface area contributed by atoms with E-state index in [1.807, 2.05) is 0 Å². The van der Waals surface area contributed by atoms with Crippen molar-refractivity contribution >= 4 is 15.9 Å². The average Bonchev–Trinajstić information content (AvgIpc) is 2.56. The summed E-state index contributed by atoms with van der Waals surface area (Å²) >= 11 is 3.49. The topological polar surface area (TPSA) is 12.0 Å². The monoisotopic (exact) mass is 239 g/mol. The highest BCUT2D eigenvalue weighted by molar-refractivity contribution is 9.10. The molecule has 1 heterocycles. The Labute approximate surface area is 87.7 Å². The van der Waals surface area contributed by atoms with Crippen LogP contribution in [-0.4, -0.2) is 13.1 Å². The van der Waals surface area contributed by atoms with Crippen LogP contribution < -0.4 is 5.32 Å². The van der Waals surface area contributed by atoms with E-state index >= 15 is 0 Å². The summed E-state index contributed by atoms with van der Waals surface area (Å²) < 4.78 is 1.18. The van der Waals surface area contributed by atoms with Crippen LogP contribution >= 0.6 is 15.9 Å². The van der Waals surface area contributed by atoms with Gasteiger partial charge in [-0.3, -0.25) is 0 Å². The number of aryl methyl sites for hydroxylation is 1. The van der Waals surface area contributed by atoms with Crippen LogP contribution in [0.25, 0.3) is 0 Å². The van der Waals surface area contributed by atoms with Gasteiger partial charge in [0.25, 0.3) is 0 Å².